The average molecular weight is 248 g/mol. The SMILES string of the molecule is CC(=O)c1cc(F)ccc1OCCn1ccnc1. The van der Waals surface area contributed by atoms with Crippen LogP contribution in [0.5, 0.6) is 5.75 Å². The van der Waals surface area contributed by atoms with Crippen molar-refractivity contribution in [1.29, 1.82) is 0 Å². The molecule has 0 aliphatic rings. The van der Waals surface area contributed by atoms with Crippen molar-refractivity contribution in [3.63, 3.8) is 0 Å². The molecular formula is C13H13FN2O2. The molecule has 0 spiro atoms. The zero-order valence-electron chi connectivity index (χ0n) is 9.97. The molecule has 5 heteroatoms. The van der Waals surface area contributed by atoms with Crippen LogP contribution in [-0.4, -0.2) is 21.9 Å². The largest absolute Gasteiger partial charge is 0.491 e. The molecule has 1 aromatic carbocycles. The first-order valence-corrected chi connectivity index (χ1v) is 5.56. The fourth-order valence-corrected chi connectivity index (χ4v) is 1.58. The van der Waals surface area contributed by atoms with Crippen molar-refractivity contribution < 1.29 is 13.9 Å². The molecule has 0 atom stereocenters. The predicted octanol–water partition coefficient (Wildman–Crippen LogP) is 2.30. The first kappa shape index (κ1) is 12.3. The molecule has 94 valence electrons. The minimum atomic E-state index is -0.442. The van der Waals surface area contributed by atoms with Crippen molar-refractivity contribution in [1.82, 2.24) is 9.55 Å². The molecular weight excluding hydrogens is 235 g/mol. The van der Waals surface area contributed by atoms with Crippen LogP contribution >= 0.6 is 0 Å². The van der Waals surface area contributed by atoms with Crippen LogP contribution in [0.2, 0.25) is 0 Å². The van der Waals surface area contributed by atoms with Gasteiger partial charge < -0.3 is 9.30 Å². The van der Waals surface area contributed by atoms with E-state index >= 15 is 0 Å². The lowest BCUT2D eigenvalue weighted by atomic mass is 10.1. The fraction of sp³-hybridized carbons (Fsp3) is 0.231. The minimum Gasteiger partial charge on any atom is -0.491 e. The van der Waals surface area contributed by atoms with Gasteiger partial charge in [0.05, 0.1) is 18.4 Å². The lowest BCUT2D eigenvalue weighted by molar-refractivity contribution is 0.101. The molecule has 0 aliphatic heterocycles. The van der Waals surface area contributed by atoms with E-state index in [9.17, 15) is 9.18 Å². The summed E-state index contributed by atoms with van der Waals surface area (Å²) >= 11 is 0. The van der Waals surface area contributed by atoms with Gasteiger partial charge in [-0.2, -0.15) is 0 Å². The molecule has 0 N–H and O–H groups in total. The number of carbonyl (C=O) groups excluding carboxylic acids is 1. The number of carbonyl (C=O) groups is 1. The minimum absolute atomic E-state index is 0.216. The number of hydrogen-bond donors (Lipinski definition) is 0. The Kier molecular flexibility index (Phi) is 3.72. The third kappa shape index (κ3) is 2.94. The number of hydrogen-bond acceptors (Lipinski definition) is 3. The smallest absolute Gasteiger partial charge is 0.163 e. The molecule has 1 heterocycles. The van der Waals surface area contributed by atoms with Crippen molar-refractivity contribution in [3.8, 4) is 5.75 Å². The second-order valence-electron chi connectivity index (χ2n) is 3.85. The van der Waals surface area contributed by atoms with E-state index in [4.69, 9.17) is 4.74 Å². The van der Waals surface area contributed by atoms with Gasteiger partial charge in [-0.1, -0.05) is 0 Å². The maximum Gasteiger partial charge on any atom is 0.163 e. The van der Waals surface area contributed by atoms with E-state index < -0.39 is 5.82 Å². The maximum atomic E-state index is 13.0. The second-order valence-corrected chi connectivity index (χ2v) is 3.85. The van der Waals surface area contributed by atoms with Crippen LogP contribution in [0.4, 0.5) is 4.39 Å². The fourth-order valence-electron chi connectivity index (χ4n) is 1.58. The Morgan fingerprint density at radius 1 is 1.50 bits per heavy atom. The highest BCUT2D eigenvalue weighted by atomic mass is 19.1. The number of halogens is 1. The molecule has 4 nitrogen and oxygen atoms in total. The van der Waals surface area contributed by atoms with Crippen molar-refractivity contribution in [3.05, 3.63) is 48.3 Å². The maximum absolute atomic E-state index is 13.0. The topological polar surface area (TPSA) is 44.1 Å². The Morgan fingerprint density at radius 2 is 2.33 bits per heavy atom. The number of ether oxygens (including phenoxy) is 1. The summed E-state index contributed by atoms with van der Waals surface area (Å²) in [6, 6.07) is 3.94. The number of ketones is 1. The number of benzene rings is 1. The van der Waals surface area contributed by atoms with Crippen LogP contribution in [0.15, 0.2) is 36.9 Å². The Bertz CT molecular complexity index is 538. The van der Waals surface area contributed by atoms with Crippen molar-refractivity contribution in [2.75, 3.05) is 6.61 Å². The summed E-state index contributed by atoms with van der Waals surface area (Å²) in [6.07, 6.45) is 5.18. The van der Waals surface area contributed by atoms with Gasteiger partial charge in [-0.25, -0.2) is 9.37 Å². The highest BCUT2D eigenvalue weighted by Gasteiger charge is 2.09. The van der Waals surface area contributed by atoms with E-state index in [0.29, 0.717) is 18.9 Å². The molecule has 0 amide bonds. The first-order chi connectivity index (χ1) is 8.66. The number of aromatic nitrogens is 2. The number of nitrogens with zero attached hydrogens (tertiary/aromatic N) is 2. The van der Waals surface area contributed by atoms with Crippen LogP contribution in [0.1, 0.15) is 17.3 Å². The van der Waals surface area contributed by atoms with Gasteiger partial charge in [0.2, 0.25) is 0 Å². The molecule has 0 saturated heterocycles. The number of rotatable bonds is 5. The van der Waals surface area contributed by atoms with E-state index in [-0.39, 0.29) is 11.3 Å². The lowest BCUT2D eigenvalue weighted by Gasteiger charge is -2.10. The Labute approximate surface area is 104 Å². The highest BCUT2D eigenvalue weighted by Crippen LogP contribution is 2.20. The van der Waals surface area contributed by atoms with Crippen molar-refractivity contribution >= 4 is 5.78 Å². The van der Waals surface area contributed by atoms with Gasteiger partial charge in [-0.3, -0.25) is 4.79 Å². The zero-order chi connectivity index (χ0) is 13.0. The van der Waals surface area contributed by atoms with Gasteiger partial charge in [-0.05, 0) is 25.1 Å². The van der Waals surface area contributed by atoms with Gasteiger partial charge >= 0.3 is 0 Å². The normalized spacial score (nSPS) is 10.3. The molecule has 1 aromatic heterocycles. The monoisotopic (exact) mass is 248 g/mol. The molecule has 0 radical (unpaired) electrons. The molecule has 0 aliphatic carbocycles. The van der Waals surface area contributed by atoms with Crippen molar-refractivity contribution in [2.45, 2.75) is 13.5 Å². The third-order valence-corrected chi connectivity index (χ3v) is 2.49. The summed E-state index contributed by atoms with van der Waals surface area (Å²) in [6.45, 7) is 2.40. The Hall–Kier alpha value is -2.17. The van der Waals surface area contributed by atoms with Gasteiger partial charge in [-0.15, -0.1) is 0 Å². The molecule has 0 fully saturated rings. The van der Waals surface area contributed by atoms with Gasteiger partial charge in [0.15, 0.2) is 5.78 Å². The standard InChI is InChI=1S/C13H13FN2O2/c1-10(17)12-8-11(14)2-3-13(12)18-7-6-16-5-4-15-9-16/h2-5,8-9H,6-7H2,1H3. The molecule has 0 saturated carbocycles. The summed E-state index contributed by atoms with van der Waals surface area (Å²) < 4.78 is 20.4. The van der Waals surface area contributed by atoms with Crippen LogP contribution in [-0.2, 0) is 6.54 Å². The molecule has 0 unspecified atom stereocenters. The highest BCUT2D eigenvalue weighted by molar-refractivity contribution is 5.96. The van der Waals surface area contributed by atoms with E-state index in [0.717, 1.165) is 0 Å². The molecule has 0 bridgehead atoms. The predicted molar refractivity (Wildman–Crippen MR) is 64.1 cm³/mol. The summed E-state index contributed by atoms with van der Waals surface area (Å²) in [5, 5.41) is 0. The molecule has 18 heavy (non-hydrogen) atoms. The van der Waals surface area contributed by atoms with Crippen LogP contribution in [0.3, 0.4) is 0 Å². The first-order valence-electron chi connectivity index (χ1n) is 5.56. The van der Waals surface area contributed by atoms with E-state index in [1.807, 2.05) is 10.8 Å². The van der Waals surface area contributed by atoms with Gasteiger partial charge in [0.25, 0.3) is 0 Å². The van der Waals surface area contributed by atoms with Crippen LogP contribution in [0.25, 0.3) is 0 Å². The summed E-state index contributed by atoms with van der Waals surface area (Å²) in [4.78, 5) is 15.3. The second kappa shape index (κ2) is 5.44. The zero-order valence-corrected chi connectivity index (χ0v) is 9.97. The summed E-state index contributed by atoms with van der Waals surface area (Å²) in [5.74, 6) is -0.252. The van der Waals surface area contributed by atoms with Gasteiger partial charge in [0.1, 0.15) is 18.2 Å². The lowest BCUT2D eigenvalue weighted by Crippen LogP contribution is -2.09. The van der Waals surface area contributed by atoms with Crippen molar-refractivity contribution in [2.24, 2.45) is 0 Å². The van der Waals surface area contributed by atoms with Gasteiger partial charge in [0, 0.05) is 12.4 Å². The van der Waals surface area contributed by atoms with Crippen LogP contribution in [0, 0.1) is 5.82 Å². The van der Waals surface area contributed by atoms with E-state index in [1.165, 1.54) is 25.1 Å². The third-order valence-electron chi connectivity index (χ3n) is 2.49. The van der Waals surface area contributed by atoms with E-state index in [2.05, 4.69) is 4.98 Å². The molecule has 2 rings (SSSR count). The molecule has 2 aromatic rings. The Morgan fingerprint density at radius 3 is 3.00 bits per heavy atom. The van der Waals surface area contributed by atoms with Crippen LogP contribution < -0.4 is 4.74 Å². The summed E-state index contributed by atoms with van der Waals surface area (Å²) in [7, 11) is 0. The van der Waals surface area contributed by atoms with E-state index in [1.54, 1.807) is 12.5 Å². The quantitative estimate of drug-likeness (QED) is 0.763. The number of Topliss-reactive ketones (excluding diaryl/α,β-unsaturated/α-hetero) is 1. The average Bonchev–Trinajstić information content (AvgIpc) is 2.84. The number of imidazole rings is 1. The summed E-state index contributed by atoms with van der Waals surface area (Å²) in [5.41, 5.74) is 0.264. The Balaban J connectivity index is 2.02.